The lowest BCUT2D eigenvalue weighted by molar-refractivity contribution is 0.102. The van der Waals surface area contributed by atoms with Gasteiger partial charge < -0.3 is 10.3 Å². The van der Waals surface area contributed by atoms with E-state index in [4.69, 9.17) is 0 Å². The molecule has 0 aliphatic heterocycles. The summed E-state index contributed by atoms with van der Waals surface area (Å²) in [5.74, 6) is -0.297. The Morgan fingerprint density at radius 1 is 1.42 bits per heavy atom. The molecule has 8 heteroatoms. The largest absolute Gasteiger partial charge is 0.325 e. The molecule has 2 aromatic heterocycles. The van der Waals surface area contributed by atoms with Crippen LogP contribution >= 0.6 is 15.9 Å². The lowest BCUT2D eigenvalue weighted by atomic mass is 10.2. The Labute approximate surface area is 115 Å². The Balaban J connectivity index is 2.31. The first-order valence-electron chi connectivity index (χ1n) is 5.23. The number of aromatic nitrogens is 3. The fourth-order valence-electron chi connectivity index (χ4n) is 1.42. The third-order valence-corrected chi connectivity index (χ3v) is 2.77. The van der Waals surface area contributed by atoms with Crippen LogP contribution in [-0.4, -0.2) is 20.9 Å². The van der Waals surface area contributed by atoms with Crippen LogP contribution in [0.2, 0.25) is 0 Å². The van der Waals surface area contributed by atoms with Crippen LogP contribution in [0.4, 0.5) is 5.82 Å². The van der Waals surface area contributed by atoms with E-state index in [-0.39, 0.29) is 5.56 Å². The monoisotopic (exact) mass is 324 g/mol. The molecule has 1 amide bonds. The van der Waals surface area contributed by atoms with E-state index < -0.39 is 17.2 Å². The number of aryl methyl sites for hydroxylation is 1. The number of halogens is 1. The number of amides is 1. The minimum absolute atomic E-state index is 0.191. The quantitative estimate of drug-likeness (QED) is 0.758. The van der Waals surface area contributed by atoms with Crippen molar-refractivity contribution in [2.45, 2.75) is 6.92 Å². The first-order chi connectivity index (χ1) is 8.97. The van der Waals surface area contributed by atoms with Gasteiger partial charge in [0.15, 0.2) is 0 Å². The maximum Gasteiger partial charge on any atom is 0.325 e. The van der Waals surface area contributed by atoms with Crippen molar-refractivity contribution in [3.63, 3.8) is 0 Å². The van der Waals surface area contributed by atoms with Crippen LogP contribution < -0.4 is 16.6 Å². The highest BCUT2D eigenvalue weighted by Crippen LogP contribution is 2.16. The van der Waals surface area contributed by atoms with Gasteiger partial charge in [-0.05, 0) is 34.5 Å². The molecule has 2 rings (SSSR count). The summed E-state index contributed by atoms with van der Waals surface area (Å²) in [5, 5.41) is 2.50. The van der Waals surface area contributed by atoms with Gasteiger partial charge in [-0.1, -0.05) is 0 Å². The number of carbonyl (C=O) groups excluding carboxylic acids is 1. The van der Waals surface area contributed by atoms with Crippen molar-refractivity contribution in [3.8, 4) is 0 Å². The van der Waals surface area contributed by atoms with Gasteiger partial charge in [-0.15, -0.1) is 0 Å². The second kappa shape index (κ2) is 5.19. The Bertz CT molecular complexity index is 750. The van der Waals surface area contributed by atoms with E-state index >= 15 is 0 Å². The summed E-state index contributed by atoms with van der Waals surface area (Å²) < 4.78 is 0.782. The molecule has 0 atom stereocenters. The standard InChI is InChI=1S/C11H9BrN4O3/c1-5-2-6(12)3-13-8(5)15-9(17)7-4-14-11(19)16-10(7)18/h2-4H,1H3,(H,13,15,17)(H2,14,16,18,19). The molecule has 0 saturated carbocycles. The van der Waals surface area contributed by atoms with E-state index in [0.717, 1.165) is 16.2 Å². The van der Waals surface area contributed by atoms with Crippen LogP contribution in [0.1, 0.15) is 15.9 Å². The summed E-state index contributed by atoms with van der Waals surface area (Å²) in [7, 11) is 0. The van der Waals surface area contributed by atoms with Crippen molar-refractivity contribution >= 4 is 27.7 Å². The number of aromatic amines is 2. The Morgan fingerprint density at radius 3 is 2.79 bits per heavy atom. The zero-order chi connectivity index (χ0) is 14.0. The molecular weight excluding hydrogens is 316 g/mol. The molecule has 2 aromatic rings. The number of nitrogens with one attached hydrogen (secondary N) is 3. The lowest BCUT2D eigenvalue weighted by Crippen LogP contribution is -2.30. The Morgan fingerprint density at radius 2 is 2.16 bits per heavy atom. The summed E-state index contributed by atoms with van der Waals surface area (Å²) in [6.45, 7) is 1.77. The van der Waals surface area contributed by atoms with Crippen LogP contribution in [0, 0.1) is 6.92 Å². The molecule has 0 aromatic carbocycles. The molecule has 7 nitrogen and oxygen atoms in total. The SMILES string of the molecule is Cc1cc(Br)cnc1NC(=O)c1c[nH]c(=O)[nH]c1=O. The number of pyridine rings is 1. The summed E-state index contributed by atoms with van der Waals surface area (Å²) in [6, 6.07) is 1.78. The van der Waals surface area contributed by atoms with Crippen LogP contribution in [0.25, 0.3) is 0 Å². The van der Waals surface area contributed by atoms with Gasteiger partial charge in [-0.2, -0.15) is 0 Å². The number of H-pyrrole nitrogens is 2. The summed E-state index contributed by atoms with van der Waals surface area (Å²) in [6.07, 6.45) is 2.59. The predicted molar refractivity (Wildman–Crippen MR) is 72.3 cm³/mol. The molecule has 3 N–H and O–H groups in total. The molecule has 0 radical (unpaired) electrons. The van der Waals surface area contributed by atoms with Crippen molar-refractivity contribution in [1.82, 2.24) is 15.0 Å². The van der Waals surface area contributed by atoms with Crippen LogP contribution in [-0.2, 0) is 0 Å². The normalized spacial score (nSPS) is 10.2. The van der Waals surface area contributed by atoms with Gasteiger partial charge in [0.05, 0.1) is 0 Å². The van der Waals surface area contributed by atoms with Crippen LogP contribution in [0.5, 0.6) is 0 Å². The molecule has 0 unspecified atom stereocenters. The fraction of sp³-hybridized carbons (Fsp3) is 0.0909. The lowest BCUT2D eigenvalue weighted by Gasteiger charge is -2.06. The van der Waals surface area contributed by atoms with Gasteiger partial charge in [0.25, 0.3) is 11.5 Å². The minimum atomic E-state index is -0.754. The molecule has 98 valence electrons. The van der Waals surface area contributed by atoms with Gasteiger partial charge in [-0.25, -0.2) is 9.78 Å². The number of hydrogen-bond donors (Lipinski definition) is 3. The van der Waals surface area contributed by atoms with Crippen molar-refractivity contribution in [2.24, 2.45) is 0 Å². The summed E-state index contributed by atoms with van der Waals surface area (Å²) in [5.41, 5.74) is -0.872. The van der Waals surface area contributed by atoms with Gasteiger partial charge in [0.2, 0.25) is 0 Å². The molecule has 2 heterocycles. The van der Waals surface area contributed by atoms with Crippen molar-refractivity contribution in [3.05, 3.63) is 54.9 Å². The van der Waals surface area contributed by atoms with Crippen LogP contribution in [0.3, 0.4) is 0 Å². The third kappa shape index (κ3) is 2.97. The van der Waals surface area contributed by atoms with Crippen molar-refractivity contribution < 1.29 is 4.79 Å². The van der Waals surface area contributed by atoms with E-state index in [0.29, 0.717) is 5.82 Å². The fourth-order valence-corrected chi connectivity index (χ4v) is 1.87. The van der Waals surface area contributed by atoms with Gasteiger partial charge in [0.1, 0.15) is 11.4 Å². The molecular formula is C11H9BrN4O3. The van der Waals surface area contributed by atoms with Gasteiger partial charge in [-0.3, -0.25) is 14.6 Å². The zero-order valence-corrected chi connectivity index (χ0v) is 11.4. The zero-order valence-electron chi connectivity index (χ0n) is 9.78. The first-order valence-corrected chi connectivity index (χ1v) is 6.02. The molecule has 0 aliphatic carbocycles. The predicted octanol–water partition coefficient (Wildman–Crippen LogP) is 0.781. The van der Waals surface area contributed by atoms with Gasteiger partial charge >= 0.3 is 5.69 Å². The van der Waals surface area contributed by atoms with Gasteiger partial charge in [0, 0.05) is 16.9 Å². The third-order valence-electron chi connectivity index (χ3n) is 2.34. The van der Waals surface area contributed by atoms with E-state index in [1.807, 2.05) is 4.98 Å². The smallest absolute Gasteiger partial charge is 0.313 e. The van der Waals surface area contributed by atoms with Crippen molar-refractivity contribution in [1.29, 1.82) is 0 Å². The molecule has 0 saturated heterocycles. The average Bonchev–Trinajstić information content (AvgIpc) is 2.32. The maximum absolute atomic E-state index is 11.9. The molecule has 0 aliphatic rings. The average molecular weight is 325 g/mol. The highest BCUT2D eigenvalue weighted by Gasteiger charge is 2.13. The number of anilines is 1. The summed E-state index contributed by atoms with van der Waals surface area (Å²) in [4.78, 5) is 42.4. The maximum atomic E-state index is 11.9. The highest BCUT2D eigenvalue weighted by atomic mass is 79.9. The Kier molecular flexibility index (Phi) is 3.61. The number of rotatable bonds is 2. The second-order valence-corrected chi connectivity index (χ2v) is 4.67. The number of nitrogens with zero attached hydrogens (tertiary/aromatic N) is 1. The van der Waals surface area contributed by atoms with Crippen molar-refractivity contribution in [2.75, 3.05) is 5.32 Å². The second-order valence-electron chi connectivity index (χ2n) is 3.76. The number of hydrogen-bond acceptors (Lipinski definition) is 4. The van der Waals surface area contributed by atoms with E-state index in [1.165, 1.54) is 6.20 Å². The van der Waals surface area contributed by atoms with E-state index in [2.05, 4.69) is 31.2 Å². The summed E-state index contributed by atoms with van der Waals surface area (Å²) >= 11 is 3.26. The Hall–Kier alpha value is -2.22. The molecule has 0 fully saturated rings. The molecule has 0 spiro atoms. The first kappa shape index (κ1) is 13.2. The number of carbonyl (C=O) groups is 1. The van der Waals surface area contributed by atoms with Crippen LogP contribution in [0.15, 0.2) is 32.5 Å². The molecule has 0 bridgehead atoms. The topological polar surface area (TPSA) is 108 Å². The van der Waals surface area contributed by atoms with E-state index in [9.17, 15) is 14.4 Å². The highest BCUT2D eigenvalue weighted by molar-refractivity contribution is 9.10. The van der Waals surface area contributed by atoms with E-state index in [1.54, 1.807) is 13.0 Å². The molecule has 19 heavy (non-hydrogen) atoms. The minimum Gasteiger partial charge on any atom is -0.313 e.